The minimum Gasteiger partial charge on any atom is -0.475 e. The number of fused-ring (bicyclic) bond motifs is 1. The van der Waals surface area contributed by atoms with Gasteiger partial charge >= 0.3 is 0 Å². The van der Waals surface area contributed by atoms with Crippen molar-refractivity contribution < 1.29 is 4.74 Å². The molecule has 3 nitrogen and oxygen atoms in total. The van der Waals surface area contributed by atoms with E-state index in [4.69, 9.17) is 15.7 Å². The molecule has 21 heavy (non-hydrogen) atoms. The van der Waals surface area contributed by atoms with Gasteiger partial charge in [0, 0.05) is 11.6 Å². The van der Waals surface area contributed by atoms with Gasteiger partial charge in [0.2, 0.25) is 0 Å². The fourth-order valence-corrected chi connectivity index (χ4v) is 2.40. The highest BCUT2D eigenvalue weighted by molar-refractivity contribution is 5.87. The molecule has 0 fully saturated rings. The van der Waals surface area contributed by atoms with Crippen LogP contribution in [0.3, 0.4) is 0 Å². The Bertz CT molecular complexity index is 645. The zero-order chi connectivity index (χ0) is 15.2. The van der Waals surface area contributed by atoms with Crippen LogP contribution in [0.2, 0.25) is 0 Å². The lowest BCUT2D eigenvalue weighted by Gasteiger charge is -2.18. The van der Waals surface area contributed by atoms with Crippen molar-refractivity contribution in [3.63, 3.8) is 0 Å². The quantitative estimate of drug-likeness (QED) is 0.876. The van der Waals surface area contributed by atoms with Crippen molar-refractivity contribution in [3.8, 4) is 11.8 Å². The smallest absolute Gasteiger partial charge is 0.184 e. The first-order valence-electron chi connectivity index (χ1n) is 7.52. The molecule has 0 radical (unpaired) electrons. The van der Waals surface area contributed by atoms with E-state index in [1.807, 2.05) is 31.2 Å². The van der Waals surface area contributed by atoms with Crippen LogP contribution in [0.1, 0.15) is 32.3 Å². The Kier molecular flexibility index (Phi) is 5.19. The van der Waals surface area contributed by atoms with Crippen molar-refractivity contribution in [2.45, 2.75) is 45.3 Å². The molecule has 110 valence electrons. The second-order valence-corrected chi connectivity index (χ2v) is 5.28. The normalized spacial score (nSPS) is 13.6. The van der Waals surface area contributed by atoms with E-state index in [0.717, 1.165) is 29.5 Å². The number of hydrogen-bond acceptors (Lipinski definition) is 3. The summed E-state index contributed by atoms with van der Waals surface area (Å²) in [4.78, 5) is 0. The average molecular weight is 282 g/mol. The van der Waals surface area contributed by atoms with Gasteiger partial charge < -0.3 is 10.5 Å². The molecule has 0 spiro atoms. The van der Waals surface area contributed by atoms with Crippen LogP contribution in [-0.4, -0.2) is 12.1 Å². The maximum absolute atomic E-state index is 9.12. The maximum atomic E-state index is 9.12. The Morgan fingerprint density at radius 2 is 1.90 bits per heavy atom. The van der Waals surface area contributed by atoms with Crippen LogP contribution in [-0.2, 0) is 6.42 Å². The molecular formula is C18H22N2O. The van der Waals surface area contributed by atoms with Crippen LogP contribution in [0.5, 0.6) is 5.75 Å². The zero-order valence-electron chi connectivity index (χ0n) is 12.7. The predicted octanol–water partition coefficient (Wildman–Crippen LogP) is 3.80. The Morgan fingerprint density at radius 1 is 1.14 bits per heavy atom. The van der Waals surface area contributed by atoms with Gasteiger partial charge in [0.05, 0.1) is 0 Å². The summed E-state index contributed by atoms with van der Waals surface area (Å²) in [6.45, 7) is 4.03. The van der Waals surface area contributed by atoms with Crippen molar-refractivity contribution >= 4 is 10.8 Å². The van der Waals surface area contributed by atoms with Crippen molar-refractivity contribution in [1.29, 1.82) is 5.26 Å². The van der Waals surface area contributed by atoms with Gasteiger partial charge in [-0.05, 0) is 36.1 Å². The number of hydrogen-bond donors (Lipinski definition) is 1. The third-order valence-electron chi connectivity index (χ3n) is 3.77. The monoisotopic (exact) mass is 282 g/mol. The second-order valence-electron chi connectivity index (χ2n) is 5.28. The van der Waals surface area contributed by atoms with Crippen LogP contribution in [0, 0.1) is 11.3 Å². The van der Waals surface area contributed by atoms with Crippen LogP contribution < -0.4 is 10.5 Å². The lowest BCUT2D eigenvalue weighted by molar-refractivity contribution is 0.249. The topological polar surface area (TPSA) is 59.0 Å². The summed E-state index contributed by atoms with van der Waals surface area (Å²) in [6.07, 6.45) is 1.93. The van der Waals surface area contributed by atoms with E-state index >= 15 is 0 Å². The molecular weight excluding hydrogens is 260 g/mol. The fourth-order valence-electron chi connectivity index (χ4n) is 2.40. The van der Waals surface area contributed by atoms with E-state index in [-0.39, 0.29) is 6.04 Å². The molecule has 0 amide bonds. The number of nitrogens with zero attached hydrogens (tertiary/aromatic N) is 1. The number of nitriles is 1. The number of nitrogens with two attached hydrogens (primary N) is 1. The second kappa shape index (κ2) is 7.10. The third kappa shape index (κ3) is 3.53. The highest BCUT2D eigenvalue weighted by atomic mass is 16.5. The molecule has 0 saturated carbocycles. The Labute approximate surface area is 126 Å². The van der Waals surface area contributed by atoms with Gasteiger partial charge in [-0.2, -0.15) is 5.26 Å². The summed E-state index contributed by atoms with van der Waals surface area (Å²) in [5.41, 5.74) is 7.25. The molecule has 2 N–H and O–H groups in total. The van der Waals surface area contributed by atoms with E-state index < -0.39 is 6.10 Å². The summed E-state index contributed by atoms with van der Waals surface area (Å²) in [5, 5.41) is 11.5. The van der Waals surface area contributed by atoms with Crippen molar-refractivity contribution in [2.75, 3.05) is 0 Å². The Balaban J connectivity index is 2.48. The summed E-state index contributed by atoms with van der Waals surface area (Å²) in [5.74, 6) is 0.783. The largest absolute Gasteiger partial charge is 0.475 e. The van der Waals surface area contributed by atoms with Crippen LogP contribution in [0.4, 0.5) is 0 Å². The first-order valence-corrected chi connectivity index (χ1v) is 7.52. The van der Waals surface area contributed by atoms with Gasteiger partial charge in [0.25, 0.3) is 0 Å². The zero-order valence-corrected chi connectivity index (χ0v) is 12.7. The van der Waals surface area contributed by atoms with Crippen LogP contribution in [0.15, 0.2) is 36.4 Å². The van der Waals surface area contributed by atoms with E-state index in [1.165, 1.54) is 5.39 Å². The van der Waals surface area contributed by atoms with Gasteiger partial charge in [0.15, 0.2) is 6.10 Å². The highest BCUT2D eigenvalue weighted by Crippen LogP contribution is 2.30. The SMILES string of the molecule is CCC(N)Cc1c(OC(C#N)CC)ccc2ccccc12. The molecule has 3 heteroatoms. The van der Waals surface area contributed by atoms with Crippen molar-refractivity contribution in [3.05, 3.63) is 42.0 Å². The molecule has 0 saturated heterocycles. The van der Waals surface area contributed by atoms with Crippen molar-refractivity contribution in [1.82, 2.24) is 0 Å². The van der Waals surface area contributed by atoms with Gasteiger partial charge in [-0.1, -0.05) is 44.2 Å². The summed E-state index contributed by atoms with van der Waals surface area (Å²) in [6, 6.07) is 14.5. The minimum atomic E-state index is -0.414. The standard InChI is InChI=1S/C18H22N2O/c1-3-14(20)11-17-16-8-6-5-7-13(16)9-10-18(17)21-15(4-2)12-19/h5-10,14-15H,3-4,11,20H2,1-2H3. The molecule has 2 aromatic carbocycles. The molecule has 0 heterocycles. The first-order chi connectivity index (χ1) is 10.2. The maximum Gasteiger partial charge on any atom is 0.184 e. The lowest BCUT2D eigenvalue weighted by atomic mass is 9.97. The van der Waals surface area contributed by atoms with Gasteiger partial charge in [0.1, 0.15) is 11.8 Å². The van der Waals surface area contributed by atoms with Gasteiger partial charge in [-0.25, -0.2) is 0 Å². The van der Waals surface area contributed by atoms with Gasteiger partial charge in [-0.3, -0.25) is 0 Å². The number of rotatable bonds is 6. The summed E-state index contributed by atoms with van der Waals surface area (Å²) < 4.78 is 5.88. The molecule has 2 aromatic rings. The Hall–Kier alpha value is -2.05. The molecule has 0 aliphatic carbocycles. The summed E-state index contributed by atoms with van der Waals surface area (Å²) >= 11 is 0. The molecule has 2 unspecified atom stereocenters. The number of benzene rings is 2. The minimum absolute atomic E-state index is 0.0975. The molecule has 0 aliphatic heterocycles. The number of ether oxygens (including phenoxy) is 1. The van der Waals surface area contributed by atoms with E-state index in [0.29, 0.717) is 6.42 Å². The Morgan fingerprint density at radius 3 is 2.57 bits per heavy atom. The molecule has 0 aliphatic rings. The third-order valence-corrected chi connectivity index (χ3v) is 3.77. The van der Waals surface area contributed by atoms with E-state index in [9.17, 15) is 0 Å². The molecule has 2 rings (SSSR count). The molecule has 0 aromatic heterocycles. The van der Waals surface area contributed by atoms with Gasteiger partial charge in [-0.15, -0.1) is 0 Å². The summed E-state index contributed by atoms with van der Waals surface area (Å²) in [7, 11) is 0. The first kappa shape index (κ1) is 15.3. The van der Waals surface area contributed by atoms with Crippen LogP contribution >= 0.6 is 0 Å². The van der Waals surface area contributed by atoms with Crippen molar-refractivity contribution in [2.24, 2.45) is 5.73 Å². The fraction of sp³-hybridized carbons (Fsp3) is 0.389. The highest BCUT2D eigenvalue weighted by Gasteiger charge is 2.15. The lowest BCUT2D eigenvalue weighted by Crippen LogP contribution is -2.22. The molecule has 2 atom stereocenters. The van der Waals surface area contributed by atoms with E-state index in [2.05, 4.69) is 25.1 Å². The average Bonchev–Trinajstić information content (AvgIpc) is 2.53. The van der Waals surface area contributed by atoms with E-state index in [1.54, 1.807) is 0 Å². The molecule has 0 bridgehead atoms. The van der Waals surface area contributed by atoms with Crippen LogP contribution in [0.25, 0.3) is 10.8 Å². The predicted molar refractivity (Wildman–Crippen MR) is 86.2 cm³/mol.